The van der Waals surface area contributed by atoms with Crippen LogP contribution >= 0.6 is 0 Å². The Morgan fingerprint density at radius 1 is 1.21 bits per heavy atom. The Hall–Kier alpha value is -2.69. The Balaban J connectivity index is 1.89. The van der Waals surface area contributed by atoms with E-state index >= 15 is 0 Å². The molecular weight excluding hydrogens is 409 g/mol. The van der Waals surface area contributed by atoms with Crippen LogP contribution < -0.4 is 0 Å². The van der Waals surface area contributed by atoms with Crippen LogP contribution in [0.15, 0.2) is 28.8 Å². The molecule has 156 valence electrons. The van der Waals surface area contributed by atoms with E-state index in [1.165, 1.54) is 17.7 Å². The first-order valence-corrected chi connectivity index (χ1v) is 10.6. The molecule has 2 heterocycles. The van der Waals surface area contributed by atoms with E-state index in [-0.39, 0.29) is 35.3 Å². The predicted molar refractivity (Wildman–Crippen MR) is 98.3 cm³/mol. The topological polar surface area (TPSA) is 90.9 Å². The molecule has 0 spiro atoms. The zero-order valence-corrected chi connectivity index (χ0v) is 16.8. The van der Waals surface area contributed by atoms with E-state index in [1.54, 1.807) is 19.9 Å². The van der Waals surface area contributed by atoms with Gasteiger partial charge in [0.2, 0.25) is 5.89 Å². The molecule has 0 atom stereocenters. The van der Waals surface area contributed by atoms with Gasteiger partial charge in [0.05, 0.1) is 23.4 Å². The van der Waals surface area contributed by atoms with Gasteiger partial charge in [-0.05, 0) is 32.0 Å². The third kappa shape index (κ3) is 4.66. The molecule has 0 aliphatic rings. The summed E-state index contributed by atoms with van der Waals surface area (Å²) in [5.74, 6) is -0.0589. The Labute approximate surface area is 165 Å². The number of aryl methyl sites for hydroxylation is 1. The van der Waals surface area contributed by atoms with Gasteiger partial charge in [-0.1, -0.05) is 18.1 Å². The summed E-state index contributed by atoms with van der Waals surface area (Å²) in [6.07, 6.45) is -4.26. The van der Waals surface area contributed by atoms with Gasteiger partial charge >= 0.3 is 6.18 Å². The Kier molecular flexibility index (Phi) is 5.52. The molecule has 7 nitrogen and oxygen atoms in total. The maximum absolute atomic E-state index is 13.0. The Morgan fingerprint density at radius 2 is 1.93 bits per heavy atom. The van der Waals surface area contributed by atoms with E-state index in [0.29, 0.717) is 11.4 Å². The van der Waals surface area contributed by atoms with Crippen molar-refractivity contribution in [3.05, 3.63) is 58.5 Å². The average molecular weight is 428 g/mol. The quantitative estimate of drug-likeness (QED) is 0.598. The van der Waals surface area contributed by atoms with Crippen LogP contribution in [0.5, 0.6) is 0 Å². The summed E-state index contributed by atoms with van der Waals surface area (Å²) in [4.78, 5) is 4.11. The van der Waals surface area contributed by atoms with Crippen LogP contribution in [0.2, 0.25) is 0 Å². The van der Waals surface area contributed by atoms with Gasteiger partial charge in [0.15, 0.2) is 15.7 Å². The maximum atomic E-state index is 13.0. The second kappa shape index (κ2) is 7.62. The van der Waals surface area contributed by atoms with Gasteiger partial charge in [0, 0.05) is 17.0 Å². The first-order valence-electron chi connectivity index (χ1n) is 8.75. The van der Waals surface area contributed by atoms with Crippen molar-refractivity contribution in [2.45, 2.75) is 39.1 Å². The van der Waals surface area contributed by atoms with E-state index < -0.39 is 21.6 Å². The molecule has 0 aliphatic heterocycles. The van der Waals surface area contributed by atoms with Gasteiger partial charge < -0.3 is 4.52 Å². The summed E-state index contributed by atoms with van der Waals surface area (Å²) in [5.41, 5.74) is 1.47. The van der Waals surface area contributed by atoms with Gasteiger partial charge in [-0.2, -0.15) is 23.3 Å². The molecule has 0 fully saturated rings. The fourth-order valence-corrected chi connectivity index (χ4v) is 3.58. The molecule has 0 saturated heterocycles. The van der Waals surface area contributed by atoms with Crippen molar-refractivity contribution < 1.29 is 26.1 Å². The van der Waals surface area contributed by atoms with Crippen LogP contribution in [0.4, 0.5) is 13.2 Å². The summed E-state index contributed by atoms with van der Waals surface area (Å²) in [6.45, 7) is 4.99. The molecular formula is C18H19F3N4O3S. The number of hydrogen-bond donors (Lipinski definition) is 0. The number of aromatic nitrogens is 4. The summed E-state index contributed by atoms with van der Waals surface area (Å²) in [7, 11) is -3.29. The fourth-order valence-electron chi connectivity index (χ4n) is 2.87. The van der Waals surface area contributed by atoms with Crippen molar-refractivity contribution >= 4 is 9.84 Å². The standard InChI is InChI=1S/C18H19F3N4O3S/c1-4-29(26,27)10-16-22-17(28-24-16)9-15-11(2)23-25(12(15)3)14-7-5-6-13(8-14)18(19,20)21/h5-8H,4,9-10H2,1-3H3. The molecule has 0 N–H and O–H groups in total. The number of nitrogens with zero attached hydrogens (tertiary/aromatic N) is 4. The second-order valence-corrected chi connectivity index (χ2v) is 8.92. The minimum Gasteiger partial charge on any atom is -0.339 e. The number of benzene rings is 1. The van der Waals surface area contributed by atoms with Crippen LogP contribution in [0.3, 0.4) is 0 Å². The van der Waals surface area contributed by atoms with Crippen LogP contribution in [0, 0.1) is 13.8 Å². The molecule has 29 heavy (non-hydrogen) atoms. The van der Waals surface area contributed by atoms with Crippen LogP contribution in [0.1, 0.15) is 41.2 Å². The van der Waals surface area contributed by atoms with Gasteiger partial charge in [-0.3, -0.25) is 0 Å². The highest BCUT2D eigenvalue weighted by Crippen LogP contribution is 2.31. The molecule has 0 aliphatic carbocycles. The van der Waals surface area contributed by atoms with Crippen molar-refractivity contribution in [1.29, 1.82) is 0 Å². The average Bonchev–Trinajstić information content (AvgIpc) is 3.20. The van der Waals surface area contributed by atoms with Crippen molar-refractivity contribution in [2.24, 2.45) is 0 Å². The normalized spacial score (nSPS) is 12.5. The minimum atomic E-state index is -4.45. The Morgan fingerprint density at radius 3 is 2.59 bits per heavy atom. The second-order valence-electron chi connectivity index (χ2n) is 6.57. The largest absolute Gasteiger partial charge is 0.416 e. The van der Waals surface area contributed by atoms with Crippen molar-refractivity contribution in [2.75, 3.05) is 5.75 Å². The molecule has 0 saturated carbocycles. The van der Waals surface area contributed by atoms with Gasteiger partial charge in [0.25, 0.3) is 0 Å². The third-order valence-electron chi connectivity index (χ3n) is 4.49. The van der Waals surface area contributed by atoms with Crippen LogP contribution in [-0.4, -0.2) is 34.1 Å². The summed E-state index contributed by atoms with van der Waals surface area (Å²) < 4.78 is 68.9. The predicted octanol–water partition coefficient (Wildman–Crippen LogP) is 3.42. The summed E-state index contributed by atoms with van der Waals surface area (Å²) >= 11 is 0. The lowest BCUT2D eigenvalue weighted by atomic mass is 10.1. The molecule has 0 amide bonds. The lowest BCUT2D eigenvalue weighted by Gasteiger charge is -2.10. The molecule has 11 heteroatoms. The van der Waals surface area contributed by atoms with Crippen LogP contribution in [-0.2, 0) is 28.2 Å². The third-order valence-corrected chi connectivity index (χ3v) is 6.06. The lowest BCUT2D eigenvalue weighted by molar-refractivity contribution is -0.137. The summed E-state index contributed by atoms with van der Waals surface area (Å²) in [6, 6.07) is 4.90. The minimum absolute atomic E-state index is 0.0289. The van der Waals surface area contributed by atoms with Gasteiger partial charge in [-0.25, -0.2) is 13.1 Å². The number of alkyl halides is 3. The summed E-state index contributed by atoms with van der Waals surface area (Å²) in [5, 5.41) is 8.03. The highest BCUT2D eigenvalue weighted by atomic mass is 32.2. The van der Waals surface area contributed by atoms with Crippen LogP contribution in [0.25, 0.3) is 5.69 Å². The monoisotopic (exact) mass is 428 g/mol. The number of hydrogen-bond acceptors (Lipinski definition) is 6. The number of sulfone groups is 1. The zero-order chi connectivity index (χ0) is 21.4. The SMILES string of the molecule is CCS(=O)(=O)Cc1noc(Cc2c(C)nn(-c3cccc(C(F)(F)F)c3)c2C)n1. The molecule has 1 aromatic carbocycles. The molecule has 3 rings (SSSR count). The highest BCUT2D eigenvalue weighted by Gasteiger charge is 2.31. The van der Waals surface area contributed by atoms with E-state index in [9.17, 15) is 21.6 Å². The first-order chi connectivity index (χ1) is 13.5. The van der Waals surface area contributed by atoms with E-state index in [2.05, 4.69) is 15.2 Å². The molecule has 0 bridgehead atoms. The highest BCUT2D eigenvalue weighted by molar-refractivity contribution is 7.90. The molecule has 2 aromatic heterocycles. The maximum Gasteiger partial charge on any atom is 0.416 e. The number of halogens is 3. The van der Waals surface area contributed by atoms with Gasteiger partial charge in [-0.15, -0.1) is 0 Å². The van der Waals surface area contributed by atoms with Crippen molar-refractivity contribution in [3.63, 3.8) is 0 Å². The molecule has 3 aromatic rings. The molecule has 0 radical (unpaired) electrons. The number of rotatable bonds is 6. The molecule has 0 unspecified atom stereocenters. The fraction of sp³-hybridized carbons (Fsp3) is 0.389. The van der Waals surface area contributed by atoms with Crippen molar-refractivity contribution in [1.82, 2.24) is 19.9 Å². The van der Waals surface area contributed by atoms with E-state index in [4.69, 9.17) is 4.52 Å². The van der Waals surface area contributed by atoms with E-state index in [0.717, 1.165) is 17.7 Å². The smallest absolute Gasteiger partial charge is 0.339 e. The van der Waals surface area contributed by atoms with Crippen molar-refractivity contribution in [3.8, 4) is 5.69 Å². The van der Waals surface area contributed by atoms with E-state index in [1.807, 2.05) is 0 Å². The van der Waals surface area contributed by atoms with Gasteiger partial charge in [0.1, 0.15) is 5.75 Å². The zero-order valence-electron chi connectivity index (χ0n) is 16.0. The lowest BCUT2D eigenvalue weighted by Crippen LogP contribution is -2.08. The first kappa shape index (κ1) is 21.0. The Bertz CT molecular complexity index is 1130.